The van der Waals surface area contributed by atoms with Crippen LogP contribution in [0.15, 0.2) is 29.8 Å². The third-order valence-electron chi connectivity index (χ3n) is 4.72. The summed E-state index contributed by atoms with van der Waals surface area (Å²) in [6.45, 7) is 8.52. The van der Waals surface area contributed by atoms with Gasteiger partial charge in [-0.1, -0.05) is 6.07 Å². The molecule has 0 saturated carbocycles. The number of pyridine rings is 1. The molecule has 1 atom stereocenters. The molecule has 3 aromatic heterocycles. The van der Waals surface area contributed by atoms with E-state index in [4.69, 9.17) is 4.98 Å². The maximum absolute atomic E-state index is 13.3. The number of thiophene rings is 1. The molecular formula is C19H25Cl2N5OS. The smallest absolute Gasteiger partial charge is 0.254 e. The number of fused-ring (bicyclic) bond motifs is 1. The molecule has 6 nitrogen and oxygen atoms in total. The Labute approximate surface area is 181 Å². The minimum absolute atomic E-state index is 0. The molecule has 1 amide bonds. The first-order chi connectivity index (χ1) is 12.5. The van der Waals surface area contributed by atoms with Crippen LogP contribution in [0.1, 0.15) is 37.2 Å². The number of nitrogens with zero attached hydrogens (tertiary/aromatic N) is 4. The highest BCUT2D eigenvalue weighted by Crippen LogP contribution is 2.29. The fraction of sp³-hybridized carbons (Fsp3) is 0.421. The lowest BCUT2D eigenvalue weighted by Crippen LogP contribution is -2.51. The monoisotopic (exact) mass is 441 g/mol. The second kappa shape index (κ2) is 9.22. The number of hydrogen-bond donors (Lipinski definition) is 1. The van der Waals surface area contributed by atoms with E-state index in [1.807, 2.05) is 33.2 Å². The maximum Gasteiger partial charge on any atom is 0.254 e. The van der Waals surface area contributed by atoms with Gasteiger partial charge in [-0.25, -0.2) is 9.67 Å². The summed E-state index contributed by atoms with van der Waals surface area (Å²) in [5, 5.41) is 10.7. The number of halogens is 2. The van der Waals surface area contributed by atoms with Crippen molar-refractivity contribution in [3.63, 3.8) is 0 Å². The summed E-state index contributed by atoms with van der Waals surface area (Å²) in [5.74, 6) is 0.0619. The fourth-order valence-corrected chi connectivity index (χ4v) is 4.10. The molecule has 152 valence electrons. The van der Waals surface area contributed by atoms with Gasteiger partial charge in [-0.05, 0) is 38.3 Å². The molecule has 1 aliphatic rings. The van der Waals surface area contributed by atoms with Crippen molar-refractivity contribution in [3.05, 3.63) is 35.3 Å². The van der Waals surface area contributed by atoms with Crippen molar-refractivity contribution in [3.8, 4) is 10.6 Å². The summed E-state index contributed by atoms with van der Waals surface area (Å²) >= 11 is 1.63. The lowest BCUT2D eigenvalue weighted by atomic mass is 10.1. The van der Waals surface area contributed by atoms with Gasteiger partial charge >= 0.3 is 0 Å². The molecule has 1 fully saturated rings. The van der Waals surface area contributed by atoms with Gasteiger partial charge in [-0.2, -0.15) is 5.10 Å². The largest absolute Gasteiger partial charge is 0.336 e. The SMILES string of the molecule is CC1CN(C(=O)c2cc(-c3cccs3)nc3c2cnn3C(C)C)CCN1.Cl.Cl. The fourth-order valence-electron chi connectivity index (χ4n) is 3.41. The lowest BCUT2D eigenvalue weighted by Gasteiger charge is -2.32. The van der Waals surface area contributed by atoms with Crippen LogP contribution >= 0.6 is 36.2 Å². The number of piperazine rings is 1. The molecule has 4 heterocycles. The van der Waals surface area contributed by atoms with Gasteiger partial charge in [0, 0.05) is 31.7 Å². The van der Waals surface area contributed by atoms with Crippen LogP contribution in [-0.2, 0) is 0 Å². The molecule has 28 heavy (non-hydrogen) atoms. The number of carbonyl (C=O) groups excluding carboxylic acids is 1. The van der Waals surface area contributed by atoms with Gasteiger partial charge < -0.3 is 10.2 Å². The number of rotatable bonds is 3. The Morgan fingerprint density at radius 2 is 2.14 bits per heavy atom. The molecule has 0 aromatic carbocycles. The van der Waals surface area contributed by atoms with Crippen molar-refractivity contribution in [2.75, 3.05) is 19.6 Å². The van der Waals surface area contributed by atoms with Gasteiger partial charge in [0.15, 0.2) is 5.65 Å². The summed E-state index contributed by atoms with van der Waals surface area (Å²) in [5.41, 5.74) is 2.30. The van der Waals surface area contributed by atoms with Gasteiger partial charge in [0.1, 0.15) is 0 Å². The molecule has 0 bridgehead atoms. The van der Waals surface area contributed by atoms with E-state index in [2.05, 4.69) is 31.2 Å². The van der Waals surface area contributed by atoms with E-state index in [9.17, 15) is 4.79 Å². The van der Waals surface area contributed by atoms with E-state index >= 15 is 0 Å². The van der Waals surface area contributed by atoms with Crippen LogP contribution < -0.4 is 5.32 Å². The van der Waals surface area contributed by atoms with E-state index < -0.39 is 0 Å². The summed E-state index contributed by atoms with van der Waals surface area (Å²) in [4.78, 5) is 21.1. The summed E-state index contributed by atoms with van der Waals surface area (Å²) in [6, 6.07) is 6.46. The van der Waals surface area contributed by atoms with E-state index in [1.165, 1.54) is 0 Å². The predicted octanol–water partition coefficient (Wildman–Crippen LogP) is 4.02. The molecule has 0 spiro atoms. The lowest BCUT2D eigenvalue weighted by molar-refractivity contribution is 0.0711. The Hall–Kier alpha value is -1.67. The molecule has 4 rings (SSSR count). The highest BCUT2D eigenvalue weighted by molar-refractivity contribution is 7.13. The normalized spacial score (nSPS) is 16.7. The molecule has 1 aliphatic heterocycles. The predicted molar refractivity (Wildman–Crippen MR) is 119 cm³/mol. The van der Waals surface area contributed by atoms with Crippen molar-refractivity contribution in [1.82, 2.24) is 25.0 Å². The van der Waals surface area contributed by atoms with E-state index in [1.54, 1.807) is 17.5 Å². The van der Waals surface area contributed by atoms with Gasteiger partial charge in [0.05, 0.1) is 27.7 Å². The average Bonchev–Trinajstić information content (AvgIpc) is 3.29. The van der Waals surface area contributed by atoms with Gasteiger partial charge in [0.2, 0.25) is 0 Å². The number of nitrogens with one attached hydrogen (secondary N) is 1. The molecular weight excluding hydrogens is 417 g/mol. The first kappa shape index (κ1) is 22.6. The summed E-state index contributed by atoms with van der Waals surface area (Å²) in [6.07, 6.45) is 1.78. The van der Waals surface area contributed by atoms with Crippen molar-refractivity contribution in [2.24, 2.45) is 0 Å². The van der Waals surface area contributed by atoms with Crippen LogP contribution in [0.3, 0.4) is 0 Å². The summed E-state index contributed by atoms with van der Waals surface area (Å²) < 4.78 is 1.89. The Kier molecular flexibility index (Phi) is 7.45. The summed E-state index contributed by atoms with van der Waals surface area (Å²) in [7, 11) is 0. The Balaban J connectivity index is 0.00000140. The van der Waals surface area contributed by atoms with Gasteiger partial charge in [0.25, 0.3) is 5.91 Å². The van der Waals surface area contributed by atoms with Crippen LogP contribution in [0.25, 0.3) is 21.6 Å². The highest BCUT2D eigenvalue weighted by atomic mass is 35.5. The standard InChI is InChI=1S/C19H23N5OS.2ClH/c1-12(2)24-18-15(10-21-24)14(9-16(22-18)17-5-4-8-26-17)19(25)23-7-6-20-13(3)11-23;;/h4-5,8-10,12-13,20H,6-7,11H2,1-3H3;2*1H. The second-order valence-electron chi connectivity index (χ2n) is 7.06. The molecule has 1 unspecified atom stereocenters. The van der Waals surface area contributed by atoms with Crippen LogP contribution in [0, 0.1) is 0 Å². The quantitative estimate of drug-likeness (QED) is 0.666. The van der Waals surface area contributed by atoms with Crippen LogP contribution in [0.2, 0.25) is 0 Å². The van der Waals surface area contributed by atoms with Crippen molar-refractivity contribution >= 4 is 53.1 Å². The van der Waals surface area contributed by atoms with Crippen LogP contribution in [-0.4, -0.2) is 51.2 Å². The Morgan fingerprint density at radius 1 is 1.36 bits per heavy atom. The number of amides is 1. The minimum atomic E-state index is 0. The number of carbonyl (C=O) groups is 1. The van der Waals surface area contributed by atoms with Crippen molar-refractivity contribution < 1.29 is 4.79 Å². The third kappa shape index (κ3) is 4.17. The molecule has 1 N–H and O–H groups in total. The molecule has 9 heteroatoms. The van der Waals surface area contributed by atoms with Crippen molar-refractivity contribution in [2.45, 2.75) is 32.9 Å². The number of aromatic nitrogens is 3. The van der Waals surface area contributed by atoms with Crippen LogP contribution in [0.4, 0.5) is 0 Å². The topological polar surface area (TPSA) is 63.1 Å². The van der Waals surface area contributed by atoms with E-state index in [0.29, 0.717) is 11.6 Å². The minimum Gasteiger partial charge on any atom is -0.336 e. The first-order valence-electron chi connectivity index (χ1n) is 8.99. The van der Waals surface area contributed by atoms with Gasteiger partial charge in [-0.3, -0.25) is 4.79 Å². The number of hydrogen-bond acceptors (Lipinski definition) is 5. The average molecular weight is 442 g/mol. The zero-order valence-electron chi connectivity index (χ0n) is 16.1. The Morgan fingerprint density at radius 3 is 2.79 bits per heavy atom. The van der Waals surface area contributed by atoms with Crippen molar-refractivity contribution in [1.29, 1.82) is 0 Å². The zero-order valence-corrected chi connectivity index (χ0v) is 18.5. The molecule has 3 aromatic rings. The molecule has 1 saturated heterocycles. The third-order valence-corrected chi connectivity index (χ3v) is 5.61. The Bertz CT molecular complexity index is 941. The van der Waals surface area contributed by atoms with Gasteiger partial charge in [-0.15, -0.1) is 36.2 Å². The van der Waals surface area contributed by atoms with E-state index in [-0.39, 0.29) is 36.8 Å². The zero-order chi connectivity index (χ0) is 18.3. The van der Waals surface area contributed by atoms with E-state index in [0.717, 1.165) is 41.2 Å². The second-order valence-corrected chi connectivity index (χ2v) is 8.01. The first-order valence-corrected chi connectivity index (χ1v) is 9.87. The van der Waals surface area contributed by atoms with Crippen LogP contribution in [0.5, 0.6) is 0 Å². The maximum atomic E-state index is 13.3. The molecule has 0 aliphatic carbocycles. The highest BCUT2D eigenvalue weighted by Gasteiger charge is 2.25. The molecule has 0 radical (unpaired) electrons.